The quantitative estimate of drug-likeness (QED) is 0.639. The average molecular weight is 164 g/mol. The van der Waals surface area contributed by atoms with E-state index in [4.69, 9.17) is 0 Å². The third kappa shape index (κ3) is 0.884. The fourth-order valence-electron chi connectivity index (χ4n) is 0.927. The lowest BCUT2D eigenvalue weighted by Gasteiger charge is -1.95. The molecule has 0 aliphatic heterocycles. The van der Waals surface area contributed by atoms with Gasteiger partial charge in [0.2, 0.25) is 5.82 Å². The first kappa shape index (κ1) is 6.96. The Kier molecular flexibility index (Phi) is 1.39. The lowest BCUT2D eigenvalue weighted by Crippen LogP contribution is -1.95. The van der Waals surface area contributed by atoms with Gasteiger partial charge in [0.15, 0.2) is 5.82 Å². The largest absolute Gasteiger partial charge is 0.312 e. The maximum absolute atomic E-state index is 3.97. The van der Waals surface area contributed by atoms with Gasteiger partial charge in [-0.25, -0.2) is 4.98 Å². The molecular formula is C6H8N6. The van der Waals surface area contributed by atoms with E-state index in [1.807, 2.05) is 18.5 Å². The van der Waals surface area contributed by atoms with Gasteiger partial charge in [0, 0.05) is 7.05 Å². The van der Waals surface area contributed by atoms with Gasteiger partial charge < -0.3 is 4.57 Å². The fourth-order valence-corrected chi connectivity index (χ4v) is 0.927. The van der Waals surface area contributed by atoms with Crippen molar-refractivity contribution >= 4 is 0 Å². The zero-order valence-corrected chi connectivity index (χ0v) is 6.81. The molecular weight excluding hydrogens is 156 g/mol. The zero-order valence-electron chi connectivity index (χ0n) is 6.81. The Morgan fingerprint density at radius 1 is 1.42 bits per heavy atom. The topological polar surface area (TPSA) is 72.3 Å². The SMILES string of the molecule is Cc1nnc(-c2ncn[nH]2)n1C. The summed E-state index contributed by atoms with van der Waals surface area (Å²) in [6.07, 6.45) is 1.44. The molecule has 2 aromatic rings. The van der Waals surface area contributed by atoms with Gasteiger partial charge in [-0.3, -0.25) is 5.10 Å². The van der Waals surface area contributed by atoms with Gasteiger partial charge in [0.25, 0.3) is 0 Å². The molecule has 0 unspecified atom stereocenters. The summed E-state index contributed by atoms with van der Waals surface area (Å²) in [5.74, 6) is 2.18. The molecule has 62 valence electrons. The highest BCUT2D eigenvalue weighted by Gasteiger charge is 2.08. The third-order valence-corrected chi connectivity index (χ3v) is 1.72. The molecule has 0 radical (unpaired) electrons. The first-order valence-electron chi connectivity index (χ1n) is 3.51. The van der Waals surface area contributed by atoms with Crippen molar-refractivity contribution in [1.29, 1.82) is 0 Å². The van der Waals surface area contributed by atoms with E-state index in [2.05, 4.69) is 25.4 Å². The predicted molar refractivity (Wildman–Crippen MR) is 41.1 cm³/mol. The van der Waals surface area contributed by atoms with E-state index >= 15 is 0 Å². The first-order chi connectivity index (χ1) is 5.79. The maximum Gasteiger partial charge on any atom is 0.201 e. The molecule has 0 atom stereocenters. The highest BCUT2D eigenvalue weighted by Crippen LogP contribution is 2.09. The van der Waals surface area contributed by atoms with Gasteiger partial charge in [-0.15, -0.1) is 10.2 Å². The molecule has 0 amide bonds. The molecule has 6 nitrogen and oxygen atoms in total. The second kappa shape index (κ2) is 2.40. The van der Waals surface area contributed by atoms with Crippen molar-refractivity contribution in [2.45, 2.75) is 6.92 Å². The normalized spacial score (nSPS) is 10.5. The number of nitrogens with one attached hydrogen (secondary N) is 1. The summed E-state index contributed by atoms with van der Waals surface area (Å²) in [4.78, 5) is 3.97. The molecule has 2 heterocycles. The van der Waals surface area contributed by atoms with Crippen molar-refractivity contribution in [3.05, 3.63) is 12.2 Å². The van der Waals surface area contributed by atoms with Crippen molar-refractivity contribution in [3.8, 4) is 11.6 Å². The monoisotopic (exact) mass is 164 g/mol. The van der Waals surface area contributed by atoms with Crippen LogP contribution in [0.3, 0.4) is 0 Å². The van der Waals surface area contributed by atoms with Gasteiger partial charge in [0.1, 0.15) is 12.2 Å². The van der Waals surface area contributed by atoms with Crippen LogP contribution in [0.5, 0.6) is 0 Å². The van der Waals surface area contributed by atoms with Crippen LogP contribution in [0.2, 0.25) is 0 Å². The van der Waals surface area contributed by atoms with E-state index in [1.165, 1.54) is 6.33 Å². The van der Waals surface area contributed by atoms with E-state index in [0.29, 0.717) is 11.6 Å². The minimum atomic E-state index is 0.637. The lowest BCUT2D eigenvalue weighted by molar-refractivity contribution is 0.857. The number of hydrogen-bond acceptors (Lipinski definition) is 4. The van der Waals surface area contributed by atoms with Crippen molar-refractivity contribution < 1.29 is 0 Å². The second-order valence-electron chi connectivity index (χ2n) is 2.46. The van der Waals surface area contributed by atoms with Crippen molar-refractivity contribution in [3.63, 3.8) is 0 Å². The fraction of sp³-hybridized carbons (Fsp3) is 0.333. The van der Waals surface area contributed by atoms with Crippen molar-refractivity contribution in [2.75, 3.05) is 0 Å². The Balaban J connectivity index is 2.55. The van der Waals surface area contributed by atoms with Gasteiger partial charge in [0.05, 0.1) is 0 Å². The number of rotatable bonds is 1. The Bertz CT molecular complexity index is 373. The summed E-state index contributed by atoms with van der Waals surface area (Å²) in [6.45, 7) is 1.88. The Labute approximate surface area is 68.7 Å². The molecule has 0 spiro atoms. The number of H-pyrrole nitrogens is 1. The summed E-state index contributed by atoms with van der Waals surface area (Å²) in [6, 6.07) is 0. The van der Waals surface area contributed by atoms with E-state index < -0.39 is 0 Å². The van der Waals surface area contributed by atoms with E-state index in [0.717, 1.165) is 5.82 Å². The number of aromatic amines is 1. The smallest absolute Gasteiger partial charge is 0.201 e. The van der Waals surface area contributed by atoms with Crippen LogP contribution in [0.25, 0.3) is 11.6 Å². The second-order valence-corrected chi connectivity index (χ2v) is 2.46. The number of aromatic nitrogens is 6. The Morgan fingerprint density at radius 3 is 2.75 bits per heavy atom. The average Bonchev–Trinajstić information content (AvgIpc) is 2.64. The Morgan fingerprint density at radius 2 is 2.25 bits per heavy atom. The third-order valence-electron chi connectivity index (χ3n) is 1.72. The molecule has 12 heavy (non-hydrogen) atoms. The molecule has 6 heteroatoms. The predicted octanol–water partition coefficient (Wildman–Crippen LogP) is -0.0914. The van der Waals surface area contributed by atoms with Gasteiger partial charge in [-0.1, -0.05) is 0 Å². The highest BCUT2D eigenvalue weighted by atomic mass is 15.3. The number of aryl methyl sites for hydroxylation is 1. The van der Waals surface area contributed by atoms with Crippen LogP contribution < -0.4 is 0 Å². The first-order valence-corrected chi connectivity index (χ1v) is 3.51. The highest BCUT2D eigenvalue weighted by molar-refractivity contribution is 5.41. The number of nitrogens with zero attached hydrogens (tertiary/aromatic N) is 5. The minimum Gasteiger partial charge on any atom is -0.312 e. The van der Waals surface area contributed by atoms with Crippen LogP contribution >= 0.6 is 0 Å². The summed E-state index contributed by atoms with van der Waals surface area (Å²) in [5.41, 5.74) is 0. The Hall–Kier alpha value is -1.72. The van der Waals surface area contributed by atoms with Crippen LogP contribution in [0.4, 0.5) is 0 Å². The van der Waals surface area contributed by atoms with Crippen molar-refractivity contribution in [1.82, 2.24) is 29.9 Å². The van der Waals surface area contributed by atoms with Crippen LogP contribution in [0.1, 0.15) is 5.82 Å². The molecule has 0 aromatic carbocycles. The molecule has 0 aliphatic rings. The summed E-state index contributed by atoms with van der Waals surface area (Å²) in [7, 11) is 1.88. The van der Waals surface area contributed by atoms with Gasteiger partial charge in [-0.2, -0.15) is 5.10 Å². The summed E-state index contributed by atoms with van der Waals surface area (Å²) < 4.78 is 1.85. The molecule has 0 bridgehead atoms. The molecule has 0 fully saturated rings. The molecule has 2 rings (SSSR count). The molecule has 0 saturated heterocycles. The molecule has 0 aliphatic carbocycles. The van der Waals surface area contributed by atoms with E-state index in [-0.39, 0.29) is 0 Å². The van der Waals surface area contributed by atoms with Crippen LogP contribution in [0.15, 0.2) is 6.33 Å². The van der Waals surface area contributed by atoms with Crippen LogP contribution in [-0.2, 0) is 7.05 Å². The molecule has 1 N–H and O–H groups in total. The van der Waals surface area contributed by atoms with E-state index in [1.54, 1.807) is 0 Å². The lowest BCUT2D eigenvalue weighted by atomic mass is 10.5. The van der Waals surface area contributed by atoms with Crippen LogP contribution in [0, 0.1) is 6.92 Å². The van der Waals surface area contributed by atoms with E-state index in [9.17, 15) is 0 Å². The van der Waals surface area contributed by atoms with Crippen molar-refractivity contribution in [2.24, 2.45) is 7.05 Å². The van der Waals surface area contributed by atoms with Crippen LogP contribution in [-0.4, -0.2) is 29.9 Å². The number of hydrogen-bond donors (Lipinski definition) is 1. The minimum absolute atomic E-state index is 0.637. The summed E-state index contributed by atoms with van der Waals surface area (Å²) >= 11 is 0. The maximum atomic E-state index is 3.97. The zero-order chi connectivity index (χ0) is 8.55. The van der Waals surface area contributed by atoms with Gasteiger partial charge >= 0.3 is 0 Å². The molecule has 0 saturated carbocycles. The molecule has 2 aromatic heterocycles. The van der Waals surface area contributed by atoms with Gasteiger partial charge in [-0.05, 0) is 6.92 Å². The summed E-state index contributed by atoms with van der Waals surface area (Å²) in [5, 5.41) is 14.3. The standard InChI is InChI=1S/C6H8N6/c1-4-9-11-6(12(4)2)5-7-3-8-10-5/h3H,1-2H3,(H,7,8,10).